The SMILES string of the molecule is COc1ccc(C(=O)NCCC(C)C)cc1C. The minimum Gasteiger partial charge on any atom is -0.496 e. The number of ether oxygens (including phenoxy) is 1. The van der Waals surface area contributed by atoms with Gasteiger partial charge >= 0.3 is 0 Å². The summed E-state index contributed by atoms with van der Waals surface area (Å²) in [5.74, 6) is 1.40. The van der Waals surface area contributed by atoms with Crippen molar-refractivity contribution in [2.45, 2.75) is 27.2 Å². The molecule has 0 aromatic heterocycles. The number of aryl methyl sites for hydroxylation is 1. The third-order valence-corrected chi connectivity index (χ3v) is 2.66. The van der Waals surface area contributed by atoms with Gasteiger partial charge in [0, 0.05) is 12.1 Å². The molecule has 3 heteroatoms. The van der Waals surface area contributed by atoms with E-state index in [-0.39, 0.29) is 5.91 Å². The van der Waals surface area contributed by atoms with Crippen molar-refractivity contribution in [3.8, 4) is 5.75 Å². The van der Waals surface area contributed by atoms with E-state index >= 15 is 0 Å². The maximum atomic E-state index is 11.8. The third kappa shape index (κ3) is 4.10. The summed E-state index contributed by atoms with van der Waals surface area (Å²) in [5.41, 5.74) is 1.66. The number of benzene rings is 1. The second kappa shape index (κ2) is 6.28. The van der Waals surface area contributed by atoms with Crippen LogP contribution in [0.1, 0.15) is 36.2 Å². The highest BCUT2D eigenvalue weighted by Gasteiger charge is 2.07. The molecule has 0 fully saturated rings. The Kier molecular flexibility index (Phi) is 5.01. The predicted molar refractivity (Wildman–Crippen MR) is 69.5 cm³/mol. The van der Waals surface area contributed by atoms with Crippen molar-refractivity contribution in [2.75, 3.05) is 13.7 Å². The van der Waals surface area contributed by atoms with Crippen LogP contribution in [0.2, 0.25) is 0 Å². The van der Waals surface area contributed by atoms with Gasteiger partial charge in [-0.25, -0.2) is 0 Å². The lowest BCUT2D eigenvalue weighted by Gasteiger charge is -2.09. The highest BCUT2D eigenvalue weighted by Crippen LogP contribution is 2.18. The molecule has 0 aliphatic rings. The van der Waals surface area contributed by atoms with Crippen molar-refractivity contribution in [1.82, 2.24) is 5.32 Å². The van der Waals surface area contributed by atoms with Crippen molar-refractivity contribution in [3.05, 3.63) is 29.3 Å². The molecule has 0 radical (unpaired) electrons. The predicted octanol–water partition coefficient (Wildman–Crippen LogP) is 2.78. The van der Waals surface area contributed by atoms with Crippen molar-refractivity contribution in [2.24, 2.45) is 5.92 Å². The molecular formula is C14H21NO2. The Morgan fingerprint density at radius 2 is 2.12 bits per heavy atom. The van der Waals surface area contributed by atoms with Gasteiger partial charge in [-0.05, 0) is 43.0 Å². The zero-order valence-electron chi connectivity index (χ0n) is 11.0. The molecule has 0 aliphatic carbocycles. The molecule has 0 bridgehead atoms. The Morgan fingerprint density at radius 1 is 1.41 bits per heavy atom. The van der Waals surface area contributed by atoms with Gasteiger partial charge in [-0.2, -0.15) is 0 Å². The van der Waals surface area contributed by atoms with E-state index in [2.05, 4.69) is 19.2 Å². The minimum atomic E-state index is -0.0172. The van der Waals surface area contributed by atoms with E-state index in [0.29, 0.717) is 11.5 Å². The normalized spacial score (nSPS) is 10.4. The lowest BCUT2D eigenvalue weighted by molar-refractivity contribution is 0.0952. The summed E-state index contributed by atoms with van der Waals surface area (Å²) in [7, 11) is 1.63. The van der Waals surface area contributed by atoms with Crippen LogP contribution in [0, 0.1) is 12.8 Å². The molecule has 1 aromatic rings. The summed E-state index contributed by atoms with van der Waals surface area (Å²) >= 11 is 0. The Hall–Kier alpha value is -1.51. The van der Waals surface area contributed by atoms with E-state index in [4.69, 9.17) is 4.74 Å². The first-order valence-electron chi connectivity index (χ1n) is 5.97. The van der Waals surface area contributed by atoms with Gasteiger partial charge in [0.05, 0.1) is 7.11 Å². The molecule has 1 aromatic carbocycles. The van der Waals surface area contributed by atoms with E-state index in [1.807, 2.05) is 19.1 Å². The van der Waals surface area contributed by atoms with Crippen LogP contribution in [0.4, 0.5) is 0 Å². The van der Waals surface area contributed by atoms with Gasteiger partial charge in [-0.1, -0.05) is 13.8 Å². The van der Waals surface area contributed by atoms with Crippen LogP contribution in [0.25, 0.3) is 0 Å². The van der Waals surface area contributed by atoms with Gasteiger partial charge in [0.2, 0.25) is 0 Å². The fraction of sp³-hybridized carbons (Fsp3) is 0.500. The van der Waals surface area contributed by atoms with Crippen LogP contribution < -0.4 is 10.1 Å². The lowest BCUT2D eigenvalue weighted by atomic mass is 10.1. The van der Waals surface area contributed by atoms with Crippen LogP contribution in [0.15, 0.2) is 18.2 Å². The quantitative estimate of drug-likeness (QED) is 0.852. The monoisotopic (exact) mass is 235 g/mol. The summed E-state index contributed by atoms with van der Waals surface area (Å²) in [5, 5.41) is 2.92. The molecule has 1 rings (SSSR count). The maximum Gasteiger partial charge on any atom is 0.251 e. The van der Waals surface area contributed by atoms with E-state index < -0.39 is 0 Å². The maximum absolute atomic E-state index is 11.8. The molecule has 0 unspecified atom stereocenters. The largest absolute Gasteiger partial charge is 0.496 e. The van der Waals surface area contributed by atoms with Crippen molar-refractivity contribution >= 4 is 5.91 Å². The molecule has 0 spiro atoms. The molecule has 0 atom stereocenters. The molecule has 1 N–H and O–H groups in total. The zero-order valence-corrected chi connectivity index (χ0v) is 11.0. The van der Waals surface area contributed by atoms with Gasteiger partial charge < -0.3 is 10.1 Å². The number of amides is 1. The summed E-state index contributed by atoms with van der Waals surface area (Å²) in [6.45, 7) is 6.94. The smallest absolute Gasteiger partial charge is 0.251 e. The third-order valence-electron chi connectivity index (χ3n) is 2.66. The Labute approximate surface area is 103 Å². The Balaban J connectivity index is 2.60. The van der Waals surface area contributed by atoms with Gasteiger partial charge in [-0.15, -0.1) is 0 Å². The molecule has 3 nitrogen and oxygen atoms in total. The topological polar surface area (TPSA) is 38.3 Å². The summed E-state index contributed by atoms with van der Waals surface area (Å²) < 4.78 is 5.16. The van der Waals surface area contributed by atoms with Gasteiger partial charge in [0.1, 0.15) is 5.75 Å². The van der Waals surface area contributed by atoms with Gasteiger partial charge in [0.15, 0.2) is 0 Å². The summed E-state index contributed by atoms with van der Waals surface area (Å²) in [6.07, 6.45) is 1.00. The van der Waals surface area contributed by atoms with Gasteiger partial charge in [0.25, 0.3) is 5.91 Å². The first-order chi connectivity index (χ1) is 8.04. The highest BCUT2D eigenvalue weighted by atomic mass is 16.5. The molecule has 0 saturated heterocycles. The number of rotatable bonds is 5. The van der Waals surface area contributed by atoms with Crippen LogP contribution in [-0.4, -0.2) is 19.6 Å². The average molecular weight is 235 g/mol. The number of methoxy groups -OCH3 is 1. The Bertz CT molecular complexity index is 386. The molecule has 94 valence electrons. The first-order valence-corrected chi connectivity index (χ1v) is 5.97. The molecule has 0 saturated carbocycles. The average Bonchev–Trinajstić information content (AvgIpc) is 2.28. The second-order valence-corrected chi connectivity index (χ2v) is 4.62. The number of carbonyl (C=O) groups is 1. The van der Waals surface area contributed by atoms with E-state index in [0.717, 1.165) is 24.3 Å². The minimum absolute atomic E-state index is 0.0172. The highest BCUT2D eigenvalue weighted by molar-refractivity contribution is 5.94. The van der Waals surface area contributed by atoms with Crippen LogP contribution in [-0.2, 0) is 0 Å². The van der Waals surface area contributed by atoms with E-state index in [1.165, 1.54) is 0 Å². The molecule has 0 heterocycles. The van der Waals surface area contributed by atoms with E-state index in [9.17, 15) is 4.79 Å². The molecule has 0 aliphatic heterocycles. The molecule has 17 heavy (non-hydrogen) atoms. The zero-order chi connectivity index (χ0) is 12.8. The van der Waals surface area contributed by atoms with Crippen LogP contribution in [0.3, 0.4) is 0 Å². The number of hydrogen-bond acceptors (Lipinski definition) is 2. The van der Waals surface area contributed by atoms with Crippen LogP contribution in [0.5, 0.6) is 5.75 Å². The van der Waals surface area contributed by atoms with Crippen molar-refractivity contribution in [3.63, 3.8) is 0 Å². The van der Waals surface area contributed by atoms with Gasteiger partial charge in [-0.3, -0.25) is 4.79 Å². The second-order valence-electron chi connectivity index (χ2n) is 4.62. The first kappa shape index (κ1) is 13.6. The van der Waals surface area contributed by atoms with E-state index in [1.54, 1.807) is 13.2 Å². The number of nitrogens with one attached hydrogen (secondary N) is 1. The number of hydrogen-bond donors (Lipinski definition) is 1. The van der Waals surface area contributed by atoms with Crippen molar-refractivity contribution < 1.29 is 9.53 Å². The fourth-order valence-electron chi connectivity index (χ4n) is 1.60. The molecular weight excluding hydrogens is 214 g/mol. The Morgan fingerprint density at radius 3 is 2.65 bits per heavy atom. The summed E-state index contributed by atoms with van der Waals surface area (Å²) in [4.78, 5) is 11.8. The number of carbonyl (C=O) groups excluding carboxylic acids is 1. The standard InChI is InChI=1S/C14H21NO2/c1-10(2)7-8-15-14(16)12-5-6-13(17-4)11(3)9-12/h5-6,9-10H,7-8H2,1-4H3,(H,15,16). The van der Waals surface area contributed by atoms with Crippen molar-refractivity contribution in [1.29, 1.82) is 0 Å². The fourth-order valence-corrected chi connectivity index (χ4v) is 1.60. The lowest BCUT2D eigenvalue weighted by Crippen LogP contribution is -2.25. The molecule has 1 amide bonds. The van der Waals surface area contributed by atoms with Crippen LogP contribution >= 0.6 is 0 Å². The summed E-state index contributed by atoms with van der Waals surface area (Å²) in [6, 6.07) is 5.47.